The number of hydrogen-bond acceptors (Lipinski definition) is 10. The quantitative estimate of drug-likeness (QED) is 0.250. The van der Waals surface area contributed by atoms with Crippen molar-refractivity contribution in [2.24, 2.45) is 34.5 Å². The molecule has 0 aromatic rings. The predicted octanol–water partition coefficient (Wildman–Crippen LogP) is 1.36. The molecule has 0 aromatic carbocycles. The highest BCUT2D eigenvalue weighted by Crippen LogP contribution is 2.59. The minimum absolute atomic E-state index is 0.0797. The standard InChI is InChI=1S/C21H25ClN2O8/c1-29-16(25)20(17(26)30-2)5-12(11(9-23)10-24)13-6-21(18(27)31-3,19(28)32-4)8-15(22)14(13)7-20/h11-15H,5-8H2,1-4H3/t12-,13-,14-,15-/m0/s1. The molecule has 4 atom stereocenters. The van der Waals surface area contributed by atoms with Crippen molar-refractivity contribution in [3.05, 3.63) is 0 Å². The number of carbonyl (C=O) groups excluding carboxylic acids is 4. The Balaban J connectivity index is 2.67. The number of methoxy groups -OCH3 is 4. The Morgan fingerprint density at radius 2 is 1.12 bits per heavy atom. The van der Waals surface area contributed by atoms with Gasteiger partial charge in [-0.05, 0) is 43.4 Å². The van der Waals surface area contributed by atoms with E-state index in [0.29, 0.717) is 0 Å². The molecule has 2 saturated carbocycles. The first kappa shape index (κ1) is 25.4. The van der Waals surface area contributed by atoms with Crippen LogP contribution in [-0.2, 0) is 38.1 Å². The van der Waals surface area contributed by atoms with E-state index in [-0.39, 0.29) is 25.7 Å². The van der Waals surface area contributed by atoms with Gasteiger partial charge in [-0.2, -0.15) is 10.5 Å². The summed E-state index contributed by atoms with van der Waals surface area (Å²) in [5, 5.41) is 18.4. The highest BCUT2D eigenvalue weighted by Gasteiger charge is 2.65. The minimum Gasteiger partial charge on any atom is -0.468 e. The largest absolute Gasteiger partial charge is 0.468 e. The molecule has 11 heteroatoms. The Kier molecular flexibility index (Phi) is 7.74. The molecule has 0 heterocycles. The number of esters is 4. The smallest absolute Gasteiger partial charge is 0.323 e. The van der Waals surface area contributed by atoms with Crippen LogP contribution < -0.4 is 0 Å². The lowest BCUT2D eigenvalue weighted by Gasteiger charge is -2.53. The number of nitrogens with zero attached hydrogens (tertiary/aromatic N) is 2. The first-order valence-corrected chi connectivity index (χ1v) is 10.3. The Labute approximate surface area is 190 Å². The molecule has 0 radical (unpaired) electrons. The van der Waals surface area contributed by atoms with Crippen LogP contribution in [0.1, 0.15) is 25.7 Å². The topological polar surface area (TPSA) is 153 Å². The number of ether oxygens (including phenoxy) is 4. The molecule has 0 N–H and O–H groups in total. The lowest BCUT2D eigenvalue weighted by atomic mass is 9.50. The van der Waals surface area contributed by atoms with Crippen LogP contribution >= 0.6 is 11.6 Å². The van der Waals surface area contributed by atoms with E-state index in [1.165, 1.54) is 0 Å². The molecule has 2 rings (SSSR count). The summed E-state index contributed by atoms with van der Waals surface area (Å²) in [4.78, 5) is 50.9. The molecule has 0 amide bonds. The van der Waals surface area contributed by atoms with Crippen LogP contribution in [0.25, 0.3) is 0 Å². The summed E-state index contributed by atoms with van der Waals surface area (Å²) < 4.78 is 19.5. The van der Waals surface area contributed by atoms with Crippen molar-refractivity contribution in [3.63, 3.8) is 0 Å². The highest BCUT2D eigenvalue weighted by atomic mass is 35.5. The lowest BCUT2D eigenvalue weighted by Crippen LogP contribution is -2.58. The molecule has 0 aromatic heterocycles. The van der Waals surface area contributed by atoms with Crippen molar-refractivity contribution in [1.82, 2.24) is 0 Å². The van der Waals surface area contributed by atoms with E-state index in [2.05, 4.69) is 0 Å². The second-order valence-electron chi connectivity index (χ2n) is 8.19. The van der Waals surface area contributed by atoms with Gasteiger partial charge in [0.05, 0.1) is 40.6 Å². The van der Waals surface area contributed by atoms with Crippen molar-refractivity contribution in [3.8, 4) is 12.1 Å². The molecule has 0 spiro atoms. The van der Waals surface area contributed by atoms with E-state index < -0.39 is 63.8 Å². The van der Waals surface area contributed by atoms with Crippen LogP contribution in [0.2, 0.25) is 0 Å². The maximum atomic E-state index is 12.8. The molecule has 32 heavy (non-hydrogen) atoms. The number of nitriles is 2. The maximum Gasteiger partial charge on any atom is 0.323 e. The second kappa shape index (κ2) is 9.74. The van der Waals surface area contributed by atoms with Gasteiger partial charge in [-0.15, -0.1) is 11.6 Å². The van der Waals surface area contributed by atoms with Gasteiger partial charge in [0.15, 0.2) is 10.8 Å². The number of hydrogen-bond donors (Lipinski definition) is 0. The molecule has 174 valence electrons. The van der Waals surface area contributed by atoms with Crippen LogP contribution in [0, 0.1) is 57.2 Å². The molecule has 0 saturated heterocycles. The number of rotatable bonds is 5. The first-order chi connectivity index (χ1) is 15.1. The summed E-state index contributed by atoms with van der Waals surface area (Å²) in [6.07, 6.45) is -0.585. The zero-order valence-corrected chi connectivity index (χ0v) is 19.0. The van der Waals surface area contributed by atoms with Crippen LogP contribution in [0.3, 0.4) is 0 Å². The monoisotopic (exact) mass is 468 g/mol. The number of halogens is 1. The van der Waals surface area contributed by atoms with Crippen LogP contribution in [0.5, 0.6) is 0 Å². The normalized spacial score (nSPS) is 27.6. The summed E-state index contributed by atoms with van der Waals surface area (Å²) in [6, 6.07) is 3.79. The summed E-state index contributed by atoms with van der Waals surface area (Å²) in [6.45, 7) is 0. The molecule has 0 unspecified atom stereocenters. The van der Waals surface area contributed by atoms with Gasteiger partial charge in [0, 0.05) is 5.38 Å². The third kappa shape index (κ3) is 3.88. The molecule has 2 aliphatic rings. The van der Waals surface area contributed by atoms with Crippen LogP contribution in [-0.4, -0.2) is 57.7 Å². The van der Waals surface area contributed by atoms with Gasteiger partial charge in [0.2, 0.25) is 0 Å². The molecular formula is C21H25ClN2O8. The van der Waals surface area contributed by atoms with E-state index in [0.717, 1.165) is 28.4 Å². The molecular weight excluding hydrogens is 444 g/mol. The Morgan fingerprint density at radius 3 is 1.50 bits per heavy atom. The zero-order chi connectivity index (χ0) is 24.3. The zero-order valence-electron chi connectivity index (χ0n) is 18.3. The third-order valence-electron chi connectivity index (χ3n) is 6.87. The number of carbonyl (C=O) groups is 4. The van der Waals surface area contributed by atoms with Crippen molar-refractivity contribution in [2.45, 2.75) is 31.1 Å². The Bertz CT molecular complexity index is 830. The third-order valence-corrected chi connectivity index (χ3v) is 7.35. The van der Waals surface area contributed by atoms with Gasteiger partial charge >= 0.3 is 23.9 Å². The lowest BCUT2D eigenvalue weighted by molar-refractivity contribution is -0.186. The fourth-order valence-electron chi connectivity index (χ4n) is 5.38. The summed E-state index contributed by atoms with van der Waals surface area (Å²) in [5.41, 5.74) is -3.51. The maximum absolute atomic E-state index is 12.8. The van der Waals surface area contributed by atoms with Gasteiger partial charge in [-0.1, -0.05) is 0 Å². The molecule has 2 fully saturated rings. The average molecular weight is 469 g/mol. The minimum atomic E-state index is -1.77. The molecule has 0 bridgehead atoms. The molecule has 0 aliphatic heterocycles. The van der Waals surface area contributed by atoms with Crippen molar-refractivity contribution >= 4 is 35.5 Å². The van der Waals surface area contributed by atoms with Gasteiger partial charge in [0.1, 0.15) is 5.92 Å². The summed E-state index contributed by atoms with van der Waals surface area (Å²) in [7, 11) is 4.51. The second-order valence-corrected chi connectivity index (χ2v) is 8.75. The number of alkyl halides is 1. The highest BCUT2D eigenvalue weighted by molar-refractivity contribution is 6.21. The fraction of sp³-hybridized carbons (Fsp3) is 0.714. The molecule has 2 aliphatic carbocycles. The van der Waals surface area contributed by atoms with Gasteiger partial charge < -0.3 is 18.9 Å². The summed E-state index contributed by atoms with van der Waals surface area (Å²) >= 11 is 6.67. The average Bonchev–Trinajstić information content (AvgIpc) is 2.82. The van der Waals surface area contributed by atoms with E-state index in [1.54, 1.807) is 0 Å². The predicted molar refractivity (Wildman–Crippen MR) is 106 cm³/mol. The summed E-state index contributed by atoms with van der Waals surface area (Å²) in [5.74, 6) is -6.74. The van der Waals surface area contributed by atoms with E-state index in [1.807, 2.05) is 12.1 Å². The first-order valence-electron chi connectivity index (χ1n) is 9.89. The SMILES string of the molecule is COC(=O)C1(C(=O)OC)C[C@@H]2[C@H](CC(C(=O)OC)(C(=O)OC)C[C@H]2C(C#N)C#N)[C@@H](Cl)C1. The fourth-order valence-corrected chi connectivity index (χ4v) is 5.92. The van der Waals surface area contributed by atoms with Crippen molar-refractivity contribution in [1.29, 1.82) is 10.5 Å². The van der Waals surface area contributed by atoms with Gasteiger partial charge in [0.25, 0.3) is 0 Å². The van der Waals surface area contributed by atoms with Crippen molar-refractivity contribution < 1.29 is 38.1 Å². The van der Waals surface area contributed by atoms with E-state index in [9.17, 15) is 29.7 Å². The van der Waals surface area contributed by atoms with Crippen LogP contribution in [0.4, 0.5) is 0 Å². The van der Waals surface area contributed by atoms with E-state index in [4.69, 9.17) is 30.5 Å². The van der Waals surface area contributed by atoms with Gasteiger partial charge in [-0.25, -0.2) is 0 Å². The number of fused-ring (bicyclic) bond motifs is 1. The van der Waals surface area contributed by atoms with Gasteiger partial charge in [-0.3, -0.25) is 19.2 Å². The Hall–Kier alpha value is -2.85. The molecule has 10 nitrogen and oxygen atoms in total. The van der Waals surface area contributed by atoms with E-state index >= 15 is 0 Å². The Morgan fingerprint density at radius 1 is 0.750 bits per heavy atom. The van der Waals surface area contributed by atoms with Crippen LogP contribution in [0.15, 0.2) is 0 Å². The van der Waals surface area contributed by atoms with Crippen molar-refractivity contribution in [2.75, 3.05) is 28.4 Å².